The van der Waals surface area contributed by atoms with Crippen LogP contribution in [-0.4, -0.2) is 0 Å². The Hall–Kier alpha value is -2.08. The van der Waals surface area contributed by atoms with Crippen molar-refractivity contribution in [3.05, 3.63) is 84.4 Å². The summed E-state index contributed by atoms with van der Waals surface area (Å²) in [7, 11) is 0. The molecule has 0 saturated carbocycles. The van der Waals surface area contributed by atoms with Gasteiger partial charge in [-0.25, -0.2) is 0 Å². The van der Waals surface area contributed by atoms with Crippen LogP contribution in [0.3, 0.4) is 0 Å². The molecule has 21 heavy (non-hydrogen) atoms. The van der Waals surface area contributed by atoms with Crippen LogP contribution in [-0.2, 0) is 0 Å². The molecule has 0 fully saturated rings. The average molecular weight is 276 g/mol. The summed E-state index contributed by atoms with van der Waals surface area (Å²) < 4.78 is 0. The normalized spacial score (nSPS) is 11.9. The monoisotopic (exact) mass is 276 g/mol. The van der Waals surface area contributed by atoms with Crippen molar-refractivity contribution in [1.29, 1.82) is 0 Å². The van der Waals surface area contributed by atoms with Gasteiger partial charge in [0.2, 0.25) is 0 Å². The van der Waals surface area contributed by atoms with Gasteiger partial charge in [-0.3, -0.25) is 0 Å². The van der Waals surface area contributed by atoms with Gasteiger partial charge in [0.1, 0.15) is 0 Å². The van der Waals surface area contributed by atoms with E-state index in [4.69, 9.17) is 0 Å². The summed E-state index contributed by atoms with van der Waals surface area (Å²) in [5.41, 5.74) is 5.52. The summed E-state index contributed by atoms with van der Waals surface area (Å²) >= 11 is 0. The van der Waals surface area contributed by atoms with Crippen molar-refractivity contribution in [3.63, 3.8) is 0 Å². The minimum absolute atomic E-state index is 0.915. The van der Waals surface area contributed by atoms with Crippen molar-refractivity contribution in [2.45, 2.75) is 32.6 Å². The zero-order chi connectivity index (χ0) is 14.9. The summed E-state index contributed by atoms with van der Waals surface area (Å²) in [5.74, 6) is 0. The fourth-order valence-corrected chi connectivity index (χ4v) is 2.66. The molecule has 108 valence electrons. The molecule has 0 aliphatic carbocycles. The van der Waals surface area contributed by atoms with Gasteiger partial charge in [0, 0.05) is 0 Å². The van der Waals surface area contributed by atoms with Crippen LogP contribution in [0, 0.1) is 0 Å². The maximum absolute atomic E-state index is 3.95. The molecule has 0 aromatic heterocycles. The lowest BCUT2D eigenvalue weighted by Gasteiger charge is -2.15. The molecule has 0 saturated heterocycles. The number of rotatable bonds is 7. The van der Waals surface area contributed by atoms with Gasteiger partial charge < -0.3 is 0 Å². The average Bonchev–Trinajstić information content (AvgIpc) is 2.56. The largest absolute Gasteiger partial charge is 0.103 e. The predicted octanol–water partition coefficient (Wildman–Crippen LogP) is 6.36. The van der Waals surface area contributed by atoms with Crippen LogP contribution < -0.4 is 0 Å². The SMILES string of the molecule is C=CC/C(=C(/CCCC)c1ccccc1)c1ccccc1. The van der Waals surface area contributed by atoms with Gasteiger partial charge in [-0.2, -0.15) is 0 Å². The number of allylic oxidation sites excluding steroid dienone is 3. The van der Waals surface area contributed by atoms with E-state index in [9.17, 15) is 0 Å². The molecule has 0 amide bonds. The molecule has 2 rings (SSSR count). The van der Waals surface area contributed by atoms with Crippen LogP contribution in [0.15, 0.2) is 73.3 Å². The molecule has 0 aliphatic heterocycles. The van der Waals surface area contributed by atoms with Gasteiger partial charge in [-0.1, -0.05) is 80.1 Å². The van der Waals surface area contributed by atoms with Crippen molar-refractivity contribution >= 4 is 11.1 Å². The molecule has 0 radical (unpaired) electrons. The fraction of sp³-hybridized carbons (Fsp3) is 0.238. The minimum atomic E-state index is 0.915. The fourth-order valence-electron chi connectivity index (χ4n) is 2.66. The van der Waals surface area contributed by atoms with Gasteiger partial charge in [-0.15, -0.1) is 6.58 Å². The molecular formula is C21H24. The van der Waals surface area contributed by atoms with Crippen LogP contribution >= 0.6 is 0 Å². The lowest BCUT2D eigenvalue weighted by atomic mass is 9.89. The quantitative estimate of drug-likeness (QED) is 0.407. The van der Waals surface area contributed by atoms with E-state index < -0.39 is 0 Å². The van der Waals surface area contributed by atoms with Crippen LogP contribution in [0.1, 0.15) is 43.7 Å². The second kappa shape index (κ2) is 8.26. The first kappa shape index (κ1) is 15.3. The lowest BCUT2D eigenvalue weighted by molar-refractivity contribution is 0.824. The number of hydrogen-bond donors (Lipinski definition) is 0. The zero-order valence-corrected chi connectivity index (χ0v) is 12.9. The van der Waals surface area contributed by atoms with Gasteiger partial charge in [0.25, 0.3) is 0 Å². The molecule has 0 bridgehead atoms. The molecule has 2 aromatic rings. The summed E-state index contributed by atoms with van der Waals surface area (Å²) in [6.45, 7) is 6.20. The Bertz CT molecular complexity index is 576. The molecule has 0 unspecified atom stereocenters. The summed E-state index contributed by atoms with van der Waals surface area (Å²) in [4.78, 5) is 0. The standard InChI is InChI=1S/C21H24/c1-3-5-17-21(19-15-10-7-11-16-19)20(12-4-2)18-13-8-6-9-14-18/h4,6-11,13-16H,2-3,5,12,17H2,1H3/b21-20+. The first-order valence-electron chi connectivity index (χ1n) is 7.80. The molecular weight excluding hydrogens is 252 g/mol. The van der Waals surface area contributed by atoms with Crippen molar-refractivity contribution in [2.24, 2.45) is 0 Å². The van der Waals surface area contributed by atoms with Crippen LogP contribution in [0.4, 0.5) is 0 Å². The van der Waals surface area contributed by atoms with Crippen molar-refractivity contribution < 1.29 is 0 Å². The van der Waals surface area contributed by atoms with E-state index in [2.05, 4.69) is 74.2 Å². The van der Waals surface area contributed by atoms with E-state index in [-0.39, 0.29) is 0 Å². The van der Waals surface area contributed by atoms with E-state index >= 15 is 0 Å². The van der Waals surface area contributed by atoms with Crippen LogP contribution in [0.5, 0.6) is 0 Å². The molecule has 2 aromatic carbocycles. The van der Waals surface area contributed by atoms with E-state index in [1.807, 2.05) is 6.08 Å². The number of benzene rings is 2. The summed E-state index contributed by atoms with van der Waals surface area (Å²) in [6.07, 6.45) is 6.48. The Morgan fingerprint density at radius 1 is 0.857 bits per heavy atom. The molecule has 0 N–H and O–H groups in total. The Labute approximate surface area is 128 Å². The molecule has 0 heterocycles. The Kier molecular flexibility index (Phi) is 6.02. The van der Waals surface area contributed by atoms with Crippen molar-refractivity contribution in [3.8, 4) is 0 Å². The zero-order valence-electron chi connectivity index (χ0n) is 12.9. The second-order valence-electron chi connectivity index (χ2n) is 5.29. The first-order valence-corrected chi connectivity index (χ1v) is 7.80. The maximum atomic E-state index is 3.95. The molecule has 0 heteroatoms. The smallest absolute Gasteiger partial charge is 0.00912 e. The van der Waals surface area contributed by atoms with Crippen molar-refractivity contribution in [2.75, 3.05) is 0 Å². The third-order valence-electron chi connectivity index (χ3n) is 3.74. The highest BCUT2D eigenvalue weighted by molar-refractivity contribution is 5.91. The Balaban J connectivity index is 2.53. The van der Waals surface area contributed by atoms with E-state index in [1.54, 1.807) is 0 Å². The highest BCUT2D eigenvalue weighted by atomic mass is 14.1. The number of unbranched alkanes of at least 4 members (excludes halogenated alkanes) is 1. The Morgan fingerprint density at radius 3 is 1.86 bits per heavy atom. The van der Waals surface area contributed by atoms with Gasteiger partial charge in [0.05, 0.1) is 0 Å². The summed E-state index contributed by atoms with van der Waals surface area (Å²) in [5, 5.41) is 0. The predicted molar refractivity (Wildman–Crippen MR) is 94.0 cm³/mol. The molecule has 0 spiro atoms. The second-order valence-corrected chi connectivity index (χ2v) is 5.29. The molecule has 0 atom stereocenters. The molecule has 0 nitrogen and oxygen atoms in total. The maximum Gasteiger partial charge on any atom is -0.00912 e. The van der Waals surface area contributed by atoms with Crippen LogP contribution in [0.2, 0.25) is 0 Å². The highest BCUT2D eigenvalue weighted by Crippen LogP contribution is 2.32. The first-order chi connectivity index (χ1) is 10.4. The van der Waals surface area contributed by atoms with Crippen molar-refractivity contribution in [1.82, 2.24) is 0 Å². The Morgan fingerprint density at radius 2 is 1.38 bits per heavy atom. The van der Waals surface area contributed by atoms with E-state index in [0.29, 0.717) is 0 Å². The molecule has 0 aliphatic rings. The third kappa shape index (κ3) is 4.19. The van der Waals surface area contributed by atoms with Crippen LogP contribution in [0.25, 0.3) is 11.1 Å². The third-order valence-corrected chi connectivity index (χ3v) is 3.74. The van der Waals surface area contributed by atoms with Gasteiger partial charge in [0.15, 0.2) is 0 Å². The lowest BCUT2D eigenvalue weighted by Crippen LogP contribution is -1.93. The van der Waals surface area contributed by atoms with E-state index in [0.717, 1.165) is 12.8 Å². The van der Waals surface area contributed by atoms with Gasteiger partial charge in [-0.05, 0) is 41.5 Å². The van der Waals surface area contributed by atoms with Gasteiger partial charge >= 0.3 is 0 Å². The van der Waals surface area contributed by atoms with E-state index in [1.165, 1.54) is 35.1 Å². The summed E-state index contributed by atoms with van der Waals surface area (Å²) in [6, 6.07) is 21.5. The number of hydrogen-bond acceptors (Lipinski definition) is 0. The highest BCUT2D eigenvalue weighted by Gasteiger charge is 2.10. The topological polar surface area (TPSA) is 0 Å². The minimum Gasteiger partial charge on any atom is -0.103 e.